The summed E-state index contributed by atoms with van der Waals surface area (Å²) in [5.74, 6) is 0.0208. The maximum absolute atomic E-state index is 11.6. The number of hydrogen-bond donors (Lipinski definition) is 4. The predicted octanol–water partition coefficient (Wildman–Crippen LogP) is -2.06. The number of phosphoric ester groups is 1. The van der Waals surface area contributed by atoms with E-state index in [1.165, 1.54) is 17.0 Å². The lowest BCUT2D eigenvalue weighted by Crippen LogP contribution is -2.28. The number of nitrogens with zero attached hydrogens (tertiary/aromatic N) is 3. The Balaban J connectivity index is 1.85. The van der Waals surface area contributed by atoms with E-state index in [2.05, 4.69) is 9.51 Å². The molecule has 3 heterocycles. The van der Waals surface area contributed by atoms with E-state index in [1.807, 2.05) is 4.98 Å². The number of aliphatic hydroxyl groups is 1. The first-order valence-electron chi connectivity index (χ1n) is 6.48. The molecule has 126 valence electrons. The van der Waals surface area contributed by atoms with Crippen LogP contribution in [0.1, 0.15) is 12.6 Å². The van der Waals surface area contributed by atoms with E-state index in [0.29, 0.717) is 0 Å². The van der Waals surface area contributed by atoms with Crippen LogP contribution in [0.4, 0.5) is 0 Å². The second-order valence-electron chi connectivity index (χ2n) is 4.94. The number of hydrogen-bond acceptors (Lipinski definition) is 7. The molecule has 0 spiro atoms. The van der Waals surface area contributed by atoms with E-state index >= 15 is 0 Å². The van der Waals surface area contributed by atoms with E-state index in [9.17, 15) is 19.3 Å². The number of imidazole rings is 1. The highest BCUT2D eigenvalue weighted by molar-refractivity contribution is 7.46. The van der Waals surface area contributed by atoms with Crippen LogP contribution in [-0.4, -0.2) is 52.6 Å². The molecule has 3 rings (SSSR count). The van der Waals surface area contributed by atoms with Gasteiger partial charge in [-0.2, -0.15) is 4.98 Å². The average molecular weight is 348 g/mol. The minimum absolute atomic E-state index is 0.0208. The van der Waals surface area contributed by atoms with Gasteiger partial charge < -0.3 is 19.6 Å². The Kier molecular flexibility index (Phi) is 3.96. The van der Waals surface area contributed by atoms with E-state index < -0.39 is 44.2 Å². The lowest BCUT2D eigenvalue weighted by molar-refractivity contribution is -0.0424. The molecule has 1 aliphatic heterocycles. The number of aromatic amines is 1. The first-order valence-corrected chi connectivity index (χ1v) is 8.01. The SMILES string of the molecule is O=c1nc2n([C@H]3C[C@H](O)[C@@H](COP(=O)(O)O)O3)ccn2c(=O)[nH]1. The largest absolute Gasteiger partial charge is 0.469 e. The maximum atomic E-state index is 11.6. The number of rotatable bonds is 4. The zero-order valence-corrected chi connectivity index (χ0v) is 12.4. The van der Waals surface area contributed by atoms with Crippen LogP contribution in [0.25, 0.3) is 5.78 Å². The summed E-state index contributed by atoms with van der Waals surface area (Å²) in [6.07, 6.45) is 0.110. The summed E-state index contributed by atoms with van der Waals surface area (Å²) in [4.78, 5) is 46.0. The van der Waals surface area contributed by atoms with Crippen LogP contribution in [0, 0.1) is 0 Å². The van der Waals surface area contributed by atoms with Gasteiger partial charge in [0.15, 0.2) is 0 Å². The molecule has 2 aromatic heterocycles. The van der Waals surface area contributed by atoms with Crippen LogP contribution >= 0.6 is 7.82 Å². The molecule has 1 saturated heterocycles. The number of phosphoric acid groups is 1. The molecule has 1 fully saturated rings. The van der Waals surface area contributed by atoms with Crippen molar-refractivity contribution in [2.75, 3.05) is 6.61 Å². The Bertz CT molecular complexity index is 881. The van der Waals surface area contributed by atoms with Crippen molar-refractivity contribution >= 4 is 13.6 Å². The third-order valence-electron chi connectivity index (χ3n) is 3.38. The second kappa shape index (κ2) is 5.67. The lowest BCUT2D eigenvalue weighted by Gasteiger charge is -2.16. The van der Waals surface area contributed by atoms with Crippen LogP contribution in [0.15, 0.2) is 22.0 Å². The average Bonchev–Trinajstić information content (AvgIpc) is 2.99. The van der Waals surface area contributed by atoms with Crippen molar-refractivity contribution in [2.24, 2.45) is 0 Å². The summed E-state index contributed by atoms with van der Waals surface area (Å²) in [5.41, 5.74) is -1.49. The lowest BCUT2D eigenvalue weighted by atomic mass is 10.2. The minimum atomic E-state index is -4.68. The summed E-state index contributed by atoms with van der Waals surface area (Å²) >= 11 is 0. The predicted molar refractivity (Wildman–Crippen MR) is 72.6 cm³/mol. The number of aliphatic hydroxyl groups excluding tert-OH is 1. The Morgan fingerprint density at radius 3 is 2.87 bits per heavy atom. The van der Waals surface area contributed by atoms with Crippen molar-refractivity contribution in [3.63, 3.8) is 0 Å². The fourth-order valence-electron chi connectivity index (χ4n) is 2.37. The fourth-order valence-corrected chi connectivity index (χ4v) is 2.71. The number of nitrogens with one attached hydrogen (secondary N) is 1. The van der Waals surface area contributed by atoms with Gasteiger partial charge >= 0.3 is 19.2 Å². The van der Waals surface area contributed by atoms with Crippen LogP contribution in [-0.2, 0) is 13.8 Å². The Hall–Kier alpha value is -1.82. The highest BCUT2D eigenvalue weighted by Crippen LogP contribution is 2.38. The first kappa shape index (κ1) is 16.1. The molecule has 3 atom stereocenters. The van der Waals surface area contributed by atoms with Crippen molar-refractivity contribution in [2.45, 2.75) is 24.9 Å². The monoisotopic (exact) mass is 348 g/mol. The van der Waals surface area contributed by atoms with Crippen LogP contribution in [0.5, 0.6) is 0 Å². The molecule has 12 nitrogen and oxygen atoms in total. The molecule has 0 unspecified atom stereocenters. The zero-order chi connectivity index (χ0) is 16.8. The van der Waals surface area contributed by atoms with E-state index in [4.69, 9.17) is 14.5 Å². The van der Waals surface area contributed by atoms with Crippen molar-refractivity contribution in [3.8, 4) is 0 Å². The molecule has 4 N–H and O–H groups in total. The van der Waals surface area contributed by atoms with Gasteiger partial charge in [-0.1, -0.05) is 0 Å². The van der Waals surface area contributed by atoms with Crippen molar-refractivity contribution in [1.82, 2.24) is 18.9 Å². The topological polar surface area (TPSA) is 168 Å². The molecule has 0 amide bonds. The van der Waals surface area contributed by atoms with Crippen molar-refractivity contribution < 1.29 is 28.7 Å². The standard InChI is InChI=1S/C10H13N4O8P/c15-5-3-7(22-6(5)4-21-23(18,19)20)13-1-2-14-9(13)11-8(16)12-10(14)17/h1-2,5-7,15H,3-4H2,(H,12,16,17)(H2,18,19,20)/t5-,6+,7+/m0/s1. The van der Waals surface area contributed by atoms with Crippen LogP contribution in [0.2, 0.25) is 0 Å². The quantitative estimate of drug-likeness (QED) is 0.454. The summed E-state index contributed by atoms with van der Waals surface area (Å²) in [7, 11) is -4.68. The van der Waals surface area contributed by atoms with Gasteiger partial charge in [-0.15, -0.1) is 0 Å². The van der Waals surface area contributed by atoms with Gasteiger partial charge in [-0.25, -0.2) is 18.6 Å². The zero-order valence-electron chi connectivity index (χ0n) is 11.5. The molecular weight excluding hydrogens is 335 g/mol. The number of H-pyrrole nitrogens is 1. The number of ether oxygens (including phenoxy) is 1. The fraction of sp³-hybridized carbons (Fsp3) is 0.500. The van der Waals surface area contributed by atoms with E-state index in [0.717, 1.165) is 4.40 Å². The Morgan fingerprint density at radius 1 is 1.43 bits per heavy atom. The smallest absolute Gasteiger partial charge is 0.390 e. The van der Waals surface area contributed by atoms with Gasteiger partial charge in [-0.3, -0.25) is 14.1 Å². The highest BCUT2D eigenvalue weighted by Gasteiger charge is 2.37. The summed E-state index contributed by atoms with van der Waals surface area (Å²) < 4.78 is 23.0. The van der Waals surface area contributed by atoms with Crippen LogP contribution in [0.3, 0.4) is 0 Å². The van der Waals surface area contributed by atoms with E-state index in [1.54, 1.807) is 0 Å². The van der Waals surface area contributed by atoms with Crippen LogP contribution < -0.4 is 11.4 Å². The maximum Gasteiger partial charge on any atom is 0.469 e. The number of fused-ring (bicyclic) bond motifs is 1. The molecule has 23 heavy (non-hydrogen) atoms. The van der Waals surface area contributed by atoms with Gasteiger partial charge in [0.05, 0.1) is 12.7 Å². The summed E-state index contributed by atoms with van der Waals surface area (Å²) in [5, 5.41) is 9.91. The van der Waals surface area contributed by atoms with Gasteiger partial charge in [0, 0.05) is 18.8 Å². The third-order valence-corrected chi connectivity index (χ3v) is 3.86. The molecule has 1 aliphatic rings. The minimum Gasteiger partial charge on any atom is -0.390 e. The molecule has 0 aliphatic carbocycles. The summed E-state index contributed by atoms with van der Waals surface area (Å²) in [6, 6.07) is 0. The number of aromatic nitrogens is 4. The Labute approximate surface area is 127 Å². The van der Waals surface area contributed by atoms with Gasteiger partial charge in [0.25, 0.3) is 0 Å². The van der Waals surface area contributed by atoms with Crippen molar-refractivity contribution in [3.05, 3.63) is 33.4 Å². The van der Waals surface area contributed by atoms with E-state index in [-0.39, 0.29) is 12.2 Å². The molecule has 0 aromatic carbocycles. The highest BCUT2D eigenvalue weighted by atomic mass is 31.2. The normalized spacial score (nSPS) is 25.3. The molecule has 0 radical (unpaired) electrons. The third kappa shape index (κ3) is 3.27. The second-order valence-corrected chi connectivity index (χ2v) is 6.18. The summed E-state index contributed by atoms with van der Waals surface area (Å²) in [6.45, 7) is -0.505. The molecular formula is C10H13N4O8P. The van der Waals surface area contributed by atoms with Crippen molar-refractivity contribution in [1.29, 1.82) is 0 Å². The molecule has 2 aromatic rings. The molecule has 0 saturated carbocycles. The first-order chi connectivity index (χ1) is 10.7. The molecule has 13 heteroatoms. The van der Waals surface area contributed by atoms with Gasteiger partial charge in [0.2, 0.25) is 5.78 Å². The Morgan fingerprint density at radius 2 is 2.17 bits per heavy atom. The van der Waals surface area contributed by atoms with Gasteiger partial charge in [-0.05, 0) is 0 Å². The van der Waals surface area contributed by atoms with Gasteiger partial charge in [0.1, 0.15) is 12.3 Å². The molecule has 0 bridgehead atoms.